The number of aliphatic hydroxyl groups is 1. The van der Waals surface area contributed by atoms with Gasteiger partial charge < -0.3 is 10.0 Å². The Morgan fingerprint density at radius 3 is 2.76 bits per heavy atom. The van der Waals surface area contributed by atoms with Crippen molar-refractivity contribution in [2.75, 3.05) is 18.0 Å². The van der Waals surface area contributed by atoms with Crippen LogP contribution in [0.15, 0.2) is 18.2 Å². The molecule has 0 bridgehead atoms. The first kappa shape index (κ1) is 12.4. The molecule has 17 heavy (non-hydrogen) atoms. The number of β-amino-alcohol motifs (C(OH)–C–C–N with tert-alkyl or cyclic N) is 1. The summed E-state index contributed by atoms with van der Waals surface area (Å²) in [6, 6.07) is 6.52. The molecule has 1 aliphatic heterocycles. The lowest BCUT2D eigenvalue weighted by Crippen LogP contribution is -2.39. The summed E-state index contributed by atoms with van der Waals surface area (Å²) in [4.78, 5) is 2.36. The summed E-state index contributed by atoms with van der Waals surface area (Å²) in [6.07, 6.45) is 1.87. The summed E-state index contributed by atoms with van der Waals surface area (Å²) >= 11 is 0. The van der Waals surface area contributed by atoms with E-state index in [4.69, 9.17) is 0 Å². The lowest BCUT2D eigenvalue weighted by molar-refractivity contribution is 0.154. The first-order chi connectivity index (χ1) is 8.09. The van der Waals surface area contributed by atoms with Crippen molar-refractivity contribution in [1.82, 2.24) is 0 Å². The smallest absolute Gasteiger partial charge is 0.0715 e. The van der Waals surface area contributed by atoms with Gasteiger partial charge in [0.25, 0.3) is 0 Å². The van der Waals surface area contributed by atoms with E-state index in [1.54, 1.807) is 0 Å². The molecule has 0 aliphatic carbocycles. The number of aryl methyl sites for hydroxylation is 1. The normalized spacial score (nSPS) is 21.0. The number of para-hydroxylation sites is 1. The highest BCUT2D eigenvalue weighted by Gasteiger charge is 2.21. The van der Waals surface area contributed by atoms with Gasteiger partial charge in [-0.15, -0.1) is 0 Å². The van der Waals surface area contributed by atoms with Gasteiger partial charge in [-0.3, -0.25) is 0 Å². The molecule has 2 nitrogen and oxygen atoms in total. The van der Waals surface area contributed by atoms with Gasteiger partial charge >= 0.3 is 0 Å². The number of benzene rings is 1. The van der Waals surface area contributed by atoms with E-state index in [1.807, 2.05) is 0 Å². The zero-order valence-corrected chi connectivity index (χ0v) is 11.1. The topological polar surface area (TPSA) is 23.5 Å². The molecule has 1 heterocycles. The molecule has 1 atom stereocenters. The first-order valence-electron chi connectivity index (χ1n) is 6.62. The Morgan fingerprint density at radius 2 is 2.12 bits per heavy atom. The third-order valence-corrected chi connectivity index (χ3v) is 3.60. The van der Waals surface area contributed by atoms with E-state index < -0.39 is 0 Å². The molecule has 1 aromatic carbocycles. The second kappa shape index (κ2) is 5.09. The number of aliphatic hydroxyl groups excluding tert-OH is 1. The van der Waals surface area contributed by atoms with E-state index >= 15 is 0 Å². The fourth-order valence-corrected chi connectivity index (χ4v) is 2.74. The lowest BCUT2D eigenvalue weighted by atomic mass is 9.95. The number of nitrogens with zero attached hydrogens (tertiary/aromatic N) is 1. The average molecular weight is 233 g/mol. The summed E-state index contributed by atoms with van der Waals surface area (Å²) in [6.45, 7) is 8.49. The van der Waals surface area contributed by atoms with Crippen molar-refractivity contribution in [2.24, 2.45) is 0 Å². The standard InChI is InChI=1S/C15H23NO/c1-11(2)14-8-4-6-12(3)15(14)16-9-5-7-13(17)10-16/h4,6,8,11,13,17H,5,7,9-10H2,1-3H3. The molecule has 1 unspecified atom stereocenters. The number of hydrogen-bond acceptors (Lipinski definition) is 2. The Hall–Kier alpha value is -1.02. The third-order valence-electron chi connectivity index (χ3n) is 3.60. The summed E-state index contributed by atoms with van der Waals surface area (Å²) in [7, 11) is 0. The highest BCUT2D eigenvalue weighted by Crippen LogP contribution is 2.32. The van der Waals surface area contributed by atoms with Gasteiger partial charge in [0.2, 0.25) is 0 Å². The molecule has 0 saturated carbocycles. The predicted octanol–water partition coefficient (Wildman–Crippen LogP) is 3.08. The van der Waals surface area contributed by atoms with Crippen LogP contribution in [0.3, 0.4) is 0 Å². The molecule has 2 heteroatoms. The minimum Gasteiger partial charge on any atom is -0.391 e. The van der Waals surface area contributed by atoms with E-state index in [9.17, 15) is 5.11 Å². The van der Waals surface area contributed by atoms with Crippen molar-refractivity contribution in [3.63, 3.8) is 0 Å². The minimum atomic E-state index is -0.164. The third kappa shape index (κ3) is 2.63. The molecular formula is C15H23NO. The maximum absolute atomic E-state index is 9.82. The van der Waals surface area contributed by atoms with Crippen LogP contribution in [0.2, 0.25) is 0 Å². The highest BCUT2D eigenvalue weighted by atomic mass is 16.3. The number of hydrogen-bond donors (Lipinski definition) is 1. The molecule has 0 amide bonds. The molecule has 2 rings (SSSR count). The van der Waals surface area contributed by atoms with Gasteiger partial charge in [-0.2, -0.15) is 0 Å². The SMILES string of the molecule is Cc1cccc(C(C)C)c1N1CCCC(O)C1. The molecule has 0 aromatic heterocycles. The predicted molar refractivity (Wildman–Crippen MR) is 72.7 cm³/mol. The summed E-state index contributed by atoms with van der Waals surface area (Å²) in [5.41, 5.74) is 4.07. The highest BCUT2D eigenvalue weighted by molar-refractivity contribution is 5.60. The Labute approximate surface area is 104 Å². The fourth-order valence-electron chi connectivity index (χ4n) is 2.74. The maximum Gasteiger partial charge on any atom is 0.0715 e. The van der Waals surface area contributed by atoms with Crippen molar-refractivity contribution >= 4 is 5.69 Å². The monoisotopic (exact) mass is 233 g/mol. The van der Waals surface area contributed by atoms with Crippen molar-refractivity contribution in [3.8, 4) is 0 Å². The molecule has 0 radical (unpaired) electrons. The maximum atomic E-state index is 9.82. The largest absolute Gasteiger partial charge is 0.391 e. The van der Waals surface area contributed by atoms with Gasteiger partial charge in [0, 0.05) is 18.8 Å². The molecule has 1 aliphatic rings. The van der Waals surface area contributed by atoms with Gasteiger partial charge in [0.15, 0.2) is 0 Å². The van der Waals surface area contributed by atoms with Crippen LogP contribution in [-0.2, 0) is 0 Å². The van der Waals surface area contributed by atoms with Crippen LogP contribution >= 0.6 is 0 Å². The van der Waals surface area contributed by atoms with Gasteiger partial charge in [0.1, 0.15) is 0 Å². The van der Waals surface area contributed by atoms with Gasteiger partial charge in [-0.1, -0.05) is 32.0 Å². The van der Waals surface area contributed by atoms with Crippen molar-refractivity contribution < 1.29 is 5.11 Å². The van der Waals surface area contributed by atoms with Crippen LogP contribution in [0, 0.1) is 6.92 Å². The first-order valence-corrected chi connectivity index (χ1v) is 6.62. The Balaban J connectivity index is 2.35. The Bertz CT molecular complexity index is 387. The summed E-state index contributed by atoms with van der Waals surface area (Å²) < 4.78 is 0. The van der Waals surface area contributed by atoms with E-state index in [2.05, 4.69) is 43.9 Å². The van der Waals surface area contributed by atoms with E-state index in [-0.39, 0.29) is 6.10 Å². The van der Waals surface area contributed by atoms with Gasteiger partial charge in [0.05, 0.1) is 6.10 Å². The summed E-state index contributed by atoms with van der Waals surface area (Å²) in [5, 5.41) is 9.82. The fraction of sp³-hybridized carbons (Fsp3) is 0.600. The lowest BCUT2D eigenvalue weighted by Gasteiger charge is -2.35. The van der Waals surface area contributed by atoms with Crippen molar-refractivity contribution in [2.45, 2.75) is 45.6 Å². The van der Waals surface area contributed by atoms with Crippen LogP contribution in [0.5, 0.6) is 0 Å². The van der Waals surface area contributed by atoms with Crippen LogP contribution in [0.4, 0.5) is 5.69 Å². The molecule has 1 fully saturated rings. The van der Waals surface area contributed by atoms with Crippen LogP contribution in [0.1, 0.15) is 43.7 Å². The molecular weight excluding hydrogens is 210 g/mol. The van der Waals surface area contributed by atoms with Crippen LogP contribution in [0.25, 0.3) is 0 Å². The molecule has 1 saturated heterocycles. The molecule has 1 aromatic rings. The van der Waals surface area contributed by atoms with Crippen LogP contribution < -0.4 is 4.90 Å². The minimum absolute atomic E-state index is 0.164. The van der Waals surface area contributed by atoms with E-state index in [0.29, 0.717) is 5.92 Å². The van der Waals surface area contributed by atoms with Gasteiger partial charge in [-0.25, -0.2) is 0 Å². The molecule has 1 N–H and O–H groups in total. The zero-order chi connectivity index (χ0) is 12.4. The van der Waals surface area contributed by atoms with E-state index in [1.165, 1.54) is 16.8 Å². The number of anilines is 1. The average Bonchev–Trinajstić information content (AvgIpc) is 2.28. The molecule has 0 spiro atoms. The van der Waals surface area contributed by atoms with Crippen LogP contribution in [-0.4, -0.2) is 24.3 Å². The zero-order valence-electron chi connectivity index (χ0n) is 11.1. The quantitative estimate of drug-likeness (QED) is 0.848. The second-order valence-corrected chi connectivity index (χ2v) is 5.41. The number of rotatable bonds is 2. The van der Waals surface area contributed by atoms with Crippen molar-refractivity contribution in [1.29, 1.82) is 0 Å². The van der Waals surface area contributed by atoms with E-state index in [0.717, 1.165) is 25.9 Å². The number of piperidine rings is 1. The molecule has 94 valence electrons. The van der Waals surface area contributed by atoms with Crippen molar-refractivity contribution in [3.05, 3.63) is 29.3 Å². The summed E-state index contributed by atoms with van der Waals surface area (Å²) in [5.74, 6) is 0.531. The van der Waals surface area contributed by atoms with Gasteiger partial charge in [-0.05, 0) is 36.8 Å². The second-order valence-electron chi connectivity index (χ2n) is 5.41. The Kier molecular flexibility index (Phi) is 3.72. The Morgan fingerprint density at radius 1 is 1.35 bits per heavy atom.